The van der Waals surface area contributed by atoms with Crippen LogP contribution in [-0.2, 0) is 9.59 Å². The molecule has 1 N–H and O–H groups in total. The first-order valence-electron chi connectivity index (χ1n) is 4.40. The molecular weight excluding hydrogens is 234 g/mol. The molecule has 0 radical (unpaired) electrons. The Morgan fingerprint density at radius 3 is 2.00 bits per heavy atom. The van der Waals surface area contributed by atoms with Crippen LogP contribution in [0, 0.1) is 0 Å². The third kappa shape index (κ3) is 3.10. The van der Waals surface area contributed by atoms with Gasteiger partial charge in [-0.1, -0.05) is 29.8 Å². The van der Waals surface area contributed by atoms with Crippen molar-refractivity contribution in [2.75, 3.05) is 5.33 Å². The molecule has 0 fully saturated rings. The van der Waals surface area contributed by atoms with Crippen molar-refractivity contribution in [3.63, 3.8) is 0 Å². The van der Waals surface area contributed by atoms with E-state index in [1.807, 2.05) is 13.8 Å². The van der Waals surface area contributed by atoms with Crippen molar-refractivity contribution in [2.45, 2.75) is 39.2 Å². The zero-order chi connectivity index (χ0) is 10.5. The summed E-state index contributed by atoms with van der Waals surface area (Å²) >= 11 is 3.12. The summed E-state index contributed by atoms with van der Waals surface area (Å²) in [7, 11) is 0. The Kier molecular flexibility index (Phi) is 5.21. The number of hydrogen-bond acceptors (Lipinski definition) is 2. The molecule has 0 aromatic carbocycles. The van der Waals surface area contributed by atoms with Crippen LogP contribution in [-0.4, -0.2) is 22.6 Å². The number of halogens is 1. The SMILES string of the molecule is CCC(CC)(NC(C)=O)C(=O)CBr. The fraction of sp³-hybridized carbons (Fsp3) is 0.778. The monoisotopic (exact) mass is 249 g/mol. The van der Waals surface area contributed by atoms with Gasteiger partial charge in [0.15, 0.2) is 5.78 Å². The van der Waals surface area contributed by atoms with Gasteiger partial charge in [0.2, 0.25) is 5.91 Å². The van der Waals surface area contributed by atoms with Crippen LogP contribution < -0.4 is 5.32 Å². The number of ketones is 1. The third-order valence-electron chi connectivity index (χ3n) is 2.28. The standard InChI is InChI=1S/C9H16BrNO2/c1-4-9(5-2,8(13)6-10)11-7(3)12/h4-6H2,1-3H3,(H,11,12). The summed E-state index contributed by atoms with van der Waals surface area (Å²) in [4.78, 5) is 22.5. The second-order valence-corrected chi connectivity index (χ2v) is 3.59. The van der Waals surface area contributed by atoms with E-state index in [1.165, 1.54) is 6.92 Å². The van der Waals surface area contributed by atoms with Crippen LogP contribution in [0.5, 0.6) is 0 Å². The van der Waals surface area contributed by atoms with Crippen molar-refractivity contribution < 1.29 is 9.59 Å². The predicted molar refractivity (Wildman–Crippen MR) is 55.9 cm³/mol. The van der Waals surface area contributed by atoms with Gasteiger partial charge >= 0.3 is 0 Å². The first-order chi connectivity index (χ1) is 6.02. The van der Waals surface area contributed by atoms with Crippen LogP contribution in [0.2, 0.25) is 0 Å². The normalized spacial score (nSPS) is 11.1. The largest absolute Gasteiger partial charge is 0.344 e. The molecule has 13 heavy (non-hydrogen) atoms. The fourth-order valence-corrected chi connectivity index (χ4v) is 1.89. The van der Waals surface area contributed by atoms with Crippen molar-refractivity contribution in [2.24, 2.45) is 0 Å². The summed E-state index contributed by atoms with van der Waals surface area (Å²) in [6.07, 6.45) is 1.26. The number of nitrogens with one attached hydrogen (secondary N) is 1. The van der Waals surface area contributed by atoms with E-state index in [1.54, 1.807) is 0 Å². The third-order valence-corrected chi connectivity index (χ3v) is 2.79. The fourth-order valence-electron chi connectivity index (χ4n) is 1.36. The predicted octanol–water partition coefficient (Wildman–Crippen LogP) is 1.65. The van der Waals surface area contributed by atoms with E-state index in [0.717, 1.165) is 0 Å². The summed E-state index contributed by atoms with van der Waals surface area (Å²) in [6.45, 7) is 5.24. The van der Waals surface area contributed by atoms with Gasteiger partial charge in [0.1, 0.15) is 0 Å². The van der Waals surface area contributed by atoms with Crippen LogP contribution in [0.4, 0.5) is 0 Å². The highest BCUT2D eigenvalue weighted by Crippen LogP contribution is 2.17. The number of hydrogen-bond donors (Lipinski definition) is 1. The minimum atomic E-state index is -0.671. The topological polar surface area (TPSA) is 46.2 Å². The summed E-state index contributed by atoms with van der Waals surface area (Å²) in [6, 6.07) is 0. The number of rotatable bonds is 5. The summed E-state index contributed by atoms with van der Waals surface area (Å²) in [5.74, 6) is -0.120. The van der Waals surface area contributed by atoms with Gasteiger partial charge in [0, 0.05) is 6.92 Å². The molecule has 0 atom stereocenters. The zero-order valence-electron chi connectivity index (χ0n) is 8.32. The quantitative estimate of drug-likeness (QED) is 0.754. The van der Waals surface area contributed by atoms with Gasteiger partial charge in [-0.3, -0.25) is 9.59 Å². The lowest BCUT2D eigenvalue weighted by Crippen LogP contribution is -2.53. The van der Waals surface area contributed by atoms with Crippen LogP contribution >= 0.6 is 15.9 Å². The number of carbonyl (C=O) groups excluding carboxylic acids is 2. The molecule has 1 amide bonds. The van der Waals surface area contributed by atoms with Crippen molar-refractivity contribution >= 4 is 27.6 Å². The first-order valence-corrected chi connectivity index (χ1v) is 5.52. The minimum Gasteiger partial charge on any atom is -0.344 e. The maximum absolute atomic E-state index is 11.6. The highest BCUT2D eigenvalue weighted by atomic mass is 79.9. The van der Waals surface area contributed by atoms with Crippen molar-refractivity contribution in [3.05, 3.63) is 0 Å². The average molecular weight is 250 g/mol. The van der Waals surface area contributed by atoms with Crippen LogP contribution in [0.3, 0.4) is 0 Å². The molecular formula is C9H16BrNO2. The Morgan fingerprint density at radius 1 is 1.31 bits per heavy atom. The van der Waals surface area contributed by atoms with Crippen molar-refractivity contribution in [1.82, 2.24) is 5.32 Å². The van der Waals surface area contributed by atoms with Gasteiger partial charge in [-0.2, -0.15) is 0 Å². The molecule has 0 aromatic heterocycles. The van der Waals surface area contributed by atoms with Gasteiger partial charge in [-0.25, -0.2) is 0 Å². The second kappa shape index (κ2) is 5.37. The number of carbonyl (C=O) groups is 2. The van der Waals surface area contributed by atoms with E-state index in [9.17, 15) is 9.59 Å². The lowest BCUT2D eigenvalue weighted by Gasteiger charge is -2.30. The highest BCUT2D eigenvalue weighted by molar-refractivity contribution is 9.09. The van der Waals surface area contributed by atoms with E-state index in [4.69, 9.17) is 0 Å². The lowest BCUT2D eigenvalue weighted by molar-refractivity contribution is -0.129. The van der Waals surface area contributed by atoms with E-state index in [0.29, 0.717) is 12.8 Å². The molecule has 0 saturated heterocycles. The van der Waals surface area contributed by atoms with Crippen LogP contribution in [0.25, 0.3) is 0 Å². The molecule has 0 aliphatic rings. The van der Waals surface area contributed by atoms with E-state index in [2.05, 4.69) is 21.2 Å². The number of Topliss-reactive ketones (excluding diaryl/α,β-unsaturated/α-hetero) is 1. The molecule has 0 aliphatic carbocycles. The molecule has 0 spiro atoms. The Balaban J connectivity index is 4.68. The molecule has 0 heterocycles. The summed E-state index contributed by atoms with van der Waals surface area (Å²) in [5.41, 5.74) is -0.671. The Hall–Kier alpha value is -0.380. The van der Waals surface area contributed by atoms with Crippen LogP contribution in [0.1, 0.15) is 33.6 Å². The summed E-state index contributed by atoms with van der Waals surface area (Å²) in [5, 5.41) is 3.01. The molecule has 0 rings (SSSR count). The Morgan fingerprint density at radius 2 is 1.77 bits per heavy atom. The Labute approximate surface area is 87.4 Å². The van der Waals surface area contributed by atoms with Gasteiger partial charge in [-0.05, 0) is 12.8 Å². The van der Waals surface area contributed by atoms with Gasteiger partial charge in [-0.15, -0.1) is 0 Å². The molecule has 0 unspecified atom stereocenters. The molecule has 0 aliphatic heterocycles. The number of amides is 1. The summed E-state index contributed by atoms with van der Waals surface area (Å²) < 4.78 is 0. The highest BCUT2D eigenvalue weighted by Gasteiger charge is 2.34. The van der Waals surface area contributed by atoms with Gasteiger partial charge < -0.3 is 5.32 Å². The number of alkyl halides is 1. The lowest BCUT2D eigenvalue weighted by atomic mass is 9.88. The molecule has 76 valence electrons. The average Bonchev–Trinajstić information content (AvgIpc) is 2.12. The van der Waals surface area contributed by atoms with Gasteiger partial charge in [0.05, 0.1) is 10.9 Å². The van der Waals surface area contributed by atoms with Crippen molar-refractivity contribution in [1.29, 1.82) is 0 Å². The minimum absolute atomic E-state index is 0.0349. The molecule has 4 heteroatoms. The van der Waals surface area contributed by atoms with E-state index >= 15 is 0 Å². The zero-order valence-corrected chi connectivity index (χ0v) is 9.90. The maximum atomic E-state index is 11.6. The molecule has 3 nitrogen and oxygen atoms in total. The first kappa shape index (κ1) is 12.6. The second-order valence-electron chi connectivity index (χ2n) is 3.03. The smallest absolute Gasteiger partial charge is 0.217 e. The molecule has 0 aromatic rings. The molecule has 0 bridgehead atoms. The van der Waals surface area contributed by atoms with E-state index in [-0.39, 0.29) is 17.0 Å². The van der Waals surface area contributed by atoms with Gasteiger partial charge in [0.25, 0.3) is 0 Å². The Bertz CT molecular complexity index is 200. The van der Waals surface area contributed by atoms with Crippen molar-refractivity contribution in [3.8, 4) is 0 Å². The maximum Gasteiger partial charge on any atom is 0.217 e. The van der Waals surface area contributed by atoms with E-state index < -0.39 is 5.54 Å². The van der Waals surface area contributed by atoms with Crippen LogP contribution in [0.15, 0.2) is 0 Å². The molecule has 0 saturated carbocycles.